The van der Waals surface area contributed by atoms with Crippen LogP contribution in [0.3, 0.4) is 0 Å². The van der Waals surface area contributed by atoms with Gasteiger partial charge < -0.3 is 14.2 Å². The van der Waals surface area contributed by atoms with Crippen molar-refractivity contribution in [3.63, 3.8) is 0 Å². The molecule has 2 heterocycles. The minimum atomic E-state index is -0.312. The minimum absolute atomic E-state index is 0.102. The van der Waals surface area contributed by atoms with Gasteiger partial charge in [0.05, 0.1) is 23.8 Å². The number of aromatic amines is 1. The van der Waals surface area contributed by atoms with E-state index in [2.05, 4.69) is 35.9 Å². The molecule has 0 bridgehead atoms. The number of nitrogens with zero attached hydrogens (tertiary/aromatic N) is 2. The fourth-order valence-electron chi connectivity index (χ4n) is 2.94. The summed E-state index contributed by atoms with van der Waals surface area (Å²) in [4.78, 5) is 7.84. The molecule has 0 spiro atoms. The normalized spacial score (nSPS) is 11.9. The van der Waals surface area contributed by atoms with Crippen LogP contribution in [0.15, 0.2) is 47.0 Å². The average molecular weight is 365 g/mol. The molecule has 0 saturated carbocycles. The van der Waals surface area contributed by atoms with E-state index in [0.717, 1.165) is 22.3 Å². The Kier molecular flexibility index (Phi) is 3.98. The number of hydrogen-bond acceptors (Lipinski definition) is 4. The first-order valence-corrected chi connectivity index (χ1v) is 8.66. The van der Waals surface area contributed by atoms with Gasteiger partial charge in [0.25, 0.3) is 0 Å². The lowest BCUT2D eigenvalue weighted by Crippen LogP contribution is -2.10. The Balaban J connectivity index is 1.77. The van der Waals surface area contributed by atoms with E-state index in [4.69, 9.17) is 9.26 Å². The molecule has 138 valence electrons. The summed E-state index contributed by atoms with van der Waals surface area (Å²) in [5.41, 5.74) is 3.89. The molecule has 0 aliphatic heterocycles. The smallest absolute Gasteiger partial charge is 0.202 e. The van der Waals surface area contributed by atoms with E-state index in [0.29, 0.717) is 22.9 Å². The van der Waals surface area contributed by atoms with Crippen LogP contribution in [-0.2, 0) is 5.41 Å². The van der Waals surface area contributed by atoms with Gasteiger partial charge in [-0.3, -0.25) is 0 Å². The topological polar surface area (TPSA) is 63.9 Å². The second kappa shape index (κ2) is 6.23. The molecule has 4 rings (SSSR count). The molecule has 0 saturated heterocycles. The van der Waals surface area contributed by atoms with E-state index in [1.54, 1.807) is 13.2 Å². The van der Waals surface area contributed by atoms with E-state index in [1.807, 2.05) is 24.3 Å². The van der Waals surface area contributed by atoms with Crippen LogP contribution < -0.4 is 4.74 Å². The van der Waals surface area contributed by atoms with E-state index in [1.165, 1.54) is 12.1 Å². The summed E-state index contributed by atoms with van der Waals surface area (Å²) in [6.07, 6.45) is 0. The van der Waals surface area contributed by atoms with Crippen molar-refractivity contribution >= 4 is 11.0 Å². The number of nitrogens with one attached hydrogen (secondary N) is 1. The first-order chi connectivity index (χ1) is 12.8. The van der Waals surface area contributed by atoms with Gasteiger partial charge in [-0.1, -0.05) is 32.0 Å². The molecular formula is C21H20FN3O2. The molecular weight excluding hydrogens is 345 g/mol. The van der Waals surface area contributed by atoms with Gasteiger partial charge in [-0.25, -0.2) is 9.37 Å². The lowest BCUT2D eigenvalue weighted by molar-refractivity contribution is 0.401. The van der Waals surface area contributed by atoms with Crippen LogP contribution in [0.5, 0.6) is 5.75 Å². The average Bonchev–Trinajstić information content (AvgIpc) is 3.27. The van der Waals surface area contributed by atoms with Gasteiger partial charge in [-0.15, -0.1) is 0 Å². The highest BCUT2D eigenvalue weighted by Gasteiger charge is 2.21. The lowest BCUT2D eigenvalue weighted by Gasteiger charge is -2.12. The molecule has 6 heteroatoms. The second-order valence-electron chi connectivity index (χ2n) is 7.49. The van der Waals surface area contributed by atoms with E-state index in [9.17, 15) is 4.39 Å². The van der Waals surface area contributed by atoms with Crippen LogP contribution in [0.4, 0.5) is 4.39 Å². The second-order valence-corrected chi connectivity index (χ2v) is 7.49. The Morgan fingerprint density at radius 3 is 2.59 bits per heavy atom. The van der Waals surface area contributed by atoms with Crippen molar-refractivity contribution in [2.45, 2.75) is 26.2 Å². The molecule has 27 heavy (non-hydrogen) atoms. The molecule has 0 unspecified atom stereocenters. The molecule has 0 radical (unpaired) electrons. The fraction of sp³-hybridized carbons (Fsp3) is 0.238. The van der Waals surface area contributed by atoms with Gasteiger partial charge in [-0.2, -0.15) is 0 Å². The van der Waals surface area contributed by atoms with Gasteiger partial charge in [-0.05, 0) is 35.9 Å². The summed E-state index contributed by atoms with van der Waals surface area (Å²) in [6, 6.07) is 12.1. The third-order valence-electron chi connectivity index (χ3n) is 4.47. The van der Waals surface area contributed by atoms with Crippen molar-refractivity contribution in [1.82, 2.24) is 15.1 Å². The number of aromatic nitrogens is 3. The van der Waals surface area contributed by atoms with Gasteiger partial charge in [0.15, 0.2) is 5.82 Å². The highest BCUT2D eigenvalue weighted by molar-refractivity contribution is 5.85. The molecule has 4 aromatic rings. The molecule has 0 fully saturated rings. The van der Waals surface area contributed by atoms with Crippen molar-refractivity contribution in [1.29, 1.82) is 0 Å². The standard InChI is InChI=1S/C21H20FN3O2/c1-21(2,3)19-11-18(27-25-19)20-23-15-7-5-12(9-16(15)24-20)14-10-13(22)6-8-17(14)26-4/h5-11H,1-4H3,(H,23,24). The number of halogens is 1. The third kappa shape index (κ3) is 3.18. The van der Waals surface area contributed by atoms with Crippen molar-refractivity contribution in [2.75, 3.05) is 7.11 Å². The summed E-state index contributed by atoms with van der Waals surface area (Å²) in [6.45, 7) is 6.23. The third-order valence-corrected chi connectivity index (χ3v) is 4.47. The monoisotopic (exact) mass is 365 g/mol. The Hall–Kier alpha value is -3.15. The van der Waals surface area contributed by atoms with Crippen LogP contribution >= 0.6 is 0 Å². The number of methoxy groups -OCH3 is 1. The summed E-state index contributed by atoms with van der Waals surface area (Å²) in [5, 5.41) is 4.14. The van der Waals surface area contributed by atoms with Crippen molar-refractivity contribution in [3.8, 4) is 28.5 Å². The molecule has 5 nitrogen and oxygen atoms in total. The number of fused-ring (bicyclic) bond motifs is 1. The SMILES string of the molecule is COc1ccc(F)cc1-c1ccc2nc(-c3cc(C(C)(C)C)no3)[nH]c2c1. The Morgan fingerprint density at radius 1 is 1.07 bits per heavy atom. The molecule has 0 amide bonds. The molecule has 2 aromatic carbocycles. The number of hydrogen-bond donors (Lipinski definition) is 1. The van der Waals surface area contributed by atoms with Crippen LogP contribution in [0, 0.1) is 5.82 Å². The zero-order valence-corrected chi connectivity index (χ0v) is 15.6. The van der Waals surface area contributed by atoms with Crippen molar-refractivity contribution in [2.24, 2.45) is 0 Å². The predicted octanol–water partition coefficient (Wildman–Crippen LogP) is 5.33. The highest BCUT2D eigenvalue weighted by atomic mass is 19.1. The summed E-state index contributed by atoms with van der Waals surface area (Å²) < 4.78 is 24.5. The zero-order valence-electron chi connectivity index (χ0n) is 15.6. The Morgan fingerprint density at radius 2 is 1.89 bits per heavy atom. The Bertz CT molecular complexity index is 1120. The minimum Gasteiger partial charge on any atom is -0.496 e. The van der Waals surface area contributed by atoms with E-state index in [-0.39, 0.29) is 11.2 Å². The number of imidazole rings is 1. The molecule has 0 atom stereocenters. The fourth-order valence-corrected chi connectivity index (χ4v) is 2.94. The predicted molar refractivity (Wildman–Crippen MR) is 102 cm³/mol. The molecule has 1 N–H and O–H groups in total. The summed E-state index contributed by atoms with van der Waals surface area (Å²) in [7, 11) is 1.57. The largest absolute Gasteiger partial charge is 0.496 e. The van der Waals surface area contributed by atoms with Gasteiger partial charge in [0.2, 0.25) is 5.76 Å². The van der Waals surface area contributed by atoms with E-state index >= 15 is 0 Å². The van der Waals surface area contributed by atoms with Gasteiger partial charge in [0, 0.05) is 17.0 Å². The zero-order chi connectivity index (χ0) is 19.2. The first kappa shape index (κ1) is 17.3. The summed E-state index contributed by atoms with van der Waals surface area (Å²) in [5.74, 6) is 1.49. The number of rotatable bonds is 3. The Labute approximate surface area is 156 Å². The van der Waals surface area contributed by atoms with Gasteiger partial charge in [0.1, 0.15) is 11.6 Å². The molecule has 2 aromatic heterocycles. The van der Waals surface area contributed by atoms with Crippen LogP contribution in [0.2, 0.25) is 0 Å². The summed E-state index contributed by atoms with van der Waals surface area (Å²) >= 11 is 0. The van der Waals surface area contributed by atoms with Crippen LogP contribution in [-0.4, -0.2) is 22.2 Å². The maximum Gasteiger partial charge on any atom is 0.202 e. The lowest BCUT2D eigenvalue weighted by atomic mass is 9.92. The number of H-pyrrole nitrogens is 1. The van der Waals surface area contributed by atoms with Gasteiger partial charge >= 0.3 is 0 Å². The van der Waals surface area contributed by atoms with Crippen molar-refractivity contribution < 1.29 is 13.7 Å². The molecule has 0 aliphatic rings. The number of ether oxygens (including phenoxy) is 1. The van der Waals surface area contributed by atoms with Crippen molar-refractivity contribution in [3.05, 3.63) is 54.0 Å². The maximum atomic E-state index is 13.7. The first-order valence-electron chi connectivity index (χ1n) is 8.66. The van der Waals surface area contributed by atoms with E-state index < -0.39 is 0 Å². The molecule has 0 aliphatic carbocycles. The quantitative estimate of drug-likeness (QED) is 0.533. The maximum absolute atomic E-state index is 13.7. The number of benzene rings is 2. The van der Waals surface area contributed by atoms with Crippen LogP contribution in [0.1, 0.15) is 26.5 Å². The highest BCUT2D eigenvalue weighted by Crippen LogP contribution is 2.33. The van der Waals surface area contributed by atoms with Crippen LogP contribution in [0.25, 0.3) is 33.7 Å².